The predicted molar refractivity (Wildman–Crippen MR) is 149 cm³/mol. The SMILES string of the molecule is CCCCCCCCCCCOC(=O)CCCCCCCC(=O)OCCCCCCCCCCC. The van der Waals surface area contributed by atoms with Gasteiger partial charge >= 0.3 is 11.9 Å². The van der Waals surface area contributed by atoms with Gasteiger partial charge in [0.05, 0.1) is 13.2 Å². The lowest BCUT2D eigenvalue weighted by Gasteiger charge is -2.06. The third-order valence-electron chi connectivity index (χ3n) is 6.78. The van der Waals surface area contributed by atoms with Crippen LogP contribution in [0.5, 0.6) is 0 Å². The van der Waals surface area contributed by atoms with Crippen LogP contribution >= 0.6 is 0 Å². The molecule has 4 heteroatoms. The van der Waals surface area contributed by atoms with Crippen LogP contribution in [0.1, 0.15) is 174 Å². The highest BCUT2D eigenvalue weighted by Gasteiger charge is 2.05. The van der Waals surface area contributed by atoms with E-state index in [-0.39, 0.29) is 11.9 Å². The summed E-state index contributed by atoms with van der Waals surface area (Å²) >= 11 is 0. The summed E-state index contributed by atoms with van der Waals surface area (Å²) in [5.74, 6) is -0.103. The van der Waals surface area contributed by atoms with Crippen molar-refractivity contribution in [3.8, 4) is 0 Å². The Labute approximate surface area is 218 Å². The average molecular weight is 497 g/mol. The maximum absolute atomic E-state index is 11.8. The summed E-state index contributed by atoms with van der Waals surface area (Å²) < 4.78 is 10.7. The monoisotopic (exact) mass is 496 g/mol. The van der Waals surface area contributed by atoms with Crippen molar-refractivity contribution >= 4 is 11.9 Å². The van der Waals surface area contributed by atoms with E-state index in [2.05, 4.69) is 13.8 Å². The minimum atomic E-state index is -0.0513. The van der Waals surface area contributed by atoms with Crippen molar-refractivity contribution in [2.75, 3.05) is 13.2 Å². The minimum Gasteiger partial charge on any atom is -0.466 e. The van der Waals surface area contributed by atoms with E-state index in [4.69, 9.17) is 9.47 Å². The fourth-order valence-electron chi connectivity index (χ4n) is 4.41. The van der Waals surface area contributed by atoms with Gasteiger partial charge < -0.3 is 9.47 Å². The van der Waals surface area contributed by atoms with Gasteiger partial charge in [0.25, 0.3) is 0 Å². The summed E-state index contributed by atoms with van der Waals surface area (Å²) in [6, 6.07) is 0. The maximum Gasteiger partial charge on any atom is 0.305 e. The maximum atomic E-state index is 11.8. The smallest absolute Gasteiger partial charge is 0.305 e. The molecule has 4 nitrogen and oxygen atoms in total. The topological polar surface area (TPSA) is 52.6 Å². The molecule has 0 bridgehead atoms. The molecule has 0 unspecified atom stereocenters. The number of hydrogen-bond donors (Lipinski definition) is 0. The highest BCUT2D eigenvalue weighted by Crippen LogP contribution is 2.12. The van der Waals surface area contributed by atoms with Gasteiger partial charge in [-0.3, -0.25) is 9.59 Å². The van der Waals surface area contributed by atoms with Crippen LogP contribution in [0.2, 0.25) is 0 Å². The summed E-state index contributed by atoms with van der Waals surface area (Å²) in [4.78, 5) is 23.6. The molecule has 0 aliphatic carbocycles. The summed E-state index contributed by atoms with van der Waals surface area (Å²) in [6.07, 6.45) is 29.0. The highest BCUT2D eigenvalue weighted by molar-refractivity contribution is 5.69. The first-order valence-corrected chi connectivity index (χ1v) is 15.5. The van der Waals surface area contributed by atoms with Crippen molar-refractivity contribution in [3.05, 3.63) is 0 Å². The van der Waals surface area contributed by atoms with Crippen molar-refractivity contribution in [3.63, 3.8) is 0 Å². The Morgan fingerprint density at radius 3 is 0.943 bits per heavy atom. The van der Waals surface area contributed by atoms with Gasteiger partial charge in [-0.2, -0.15) is 0 Å². The fraction of sp³-hybridized carbons (Fsp3) is 0.935. The van der Waals surface area contributed by atoms with E-state index in [1.54, 1.807) is 0 Å². The molecule has 0 aliphatic rings. The molecule has 0 fully saturated rings. The van der Waals surface area contributed by atoms with Crippen LogP contribution in [0.3, 0.4) is 0 Å². The molecule has 35 heavy (non-hydrogen) atoms. The Bertz CT molecular complexity index is 409. The average Bonchev–Trinajstić information content (AvgIpc) is 2.85. The van der Waals surface area contributed by atoms with Gasteiger partial charge in [-0.05, 0) is 25.7 Å². The van der Waals surface area contributed by atoms with Gasteiger partial charge in [-0.1, -0.05) is 136 Å². The molecular weight excluding hydrogens is 436 g/mol. The largest absolute Gasteiger partial charge is 0.466 e. The minimum absolute atomic E-state index is 0.0513. The molecular formula is C31H60O4. The Hall–Kier alpha value is -1.06. The normalized spacial score (nSPS) is 11.0. The molecule has 208 valence electrons. The van der Waals surface area contributed by atoms with Crippen molar-refractivity contribution < 1.29 is 19.1 Å². The van der Waals surface area contributed by atoms with Crippen molar-refractivity contribution in [2.24, 2.45) is 0 Å². The Kier molecular flexibility index (Phi) is 28.3. The standard InChI is InChI=1S/C31H60O4/c1-3-5-7-9-11-13-15-20-24-28-34-30(32)26-22-18-17-19-23-27-31(33)35-29-25-21-16-14-12-10-8-6-4-2/h3-29H2,1-2H3. The van der Waals surface area contributed by atoms with Crippen LogP contribution < -0.4 is 0 Å². The highest BCUT2D eigenvalue weighted by atomic mass is 16.5. The lowest BCUT2D eigenvalue weighted by molar-refractivity contribution is -0.144. The van der Waals surface area contributed by atoms with Gasteiger partial charge in [-0.15, -0.1) is 0 Å². The van der Waals surface area contributed by atoms with Crippen LogP contribution in [0.4, 0.5) is 0 Å². The lowest BCUT2D eigenvalue weighted by Crippen LogP contribution is -2.06. The van der Waals surface area contributed by atoms with Crippen LogP contribution in [-0.2, 0) is 19.1 Å². The number of esters is 2. The third kappa shape index (κ3) is 29.1. The summed E-state index contributed by atoms with van der Waals surface area (Å²) in [5, 5.41) is 0. The molecule has 0 amide bonds. The second-order valence-corrected chi connectivity index (χ2v) is 10.4. The Morgan fingerprint density at radius 2 is 0.629 bits per heavy atom. The first-order chi connectivity index (χ1) is 17.2. The number of rotatable bonds is 28. The van der Waals surface area contributed by atoms with Gasteiger partial charge in [0.1, 0.15) is 0 Å². The summed E-state index contributed by atoms with van der Waals surface area (Å²) in [7, 11) is 0. The number of carbonyl (C=O) groups excluding carboxylic acids is 2. The van der Waals surface area contributed by atoms with Gasteiger partial charge in [0.15, 0.2) is 0 Å². The Morgan fingerprint density at radius 1 is 0.371 bits per heavy atom. The van der Waals surface area contributed by atoms with E-state index >= 15 is 0 Å². The number of unbranched alkanes of at least 4 members (excludes halogenated alkanes) is 20. The molecule has 0 spiro atoms. The summed E-state index contributed by atoms with van der Waals surface area (Å²) in [5.41, 5.74) is 0. The molecule has 0 aromatic carbocycles. The van der Waals surface area contributed by atoms with Crippen molar-refractivity contribution in [1.29, 1.82) is 0 Å². The molecule has 0 aromatic heterocycles. The van der Waals surface area contributed by atoms with E-state index in [0.29, 0.717) is 26.1 Å². The summed E-state index contributed by atoms with van der Waals surface area (Å²) in [6.45, 7) is 5.66. The van der Waals surface area contributed by atoms with Gasteiger partial charge in [-0.25, -0.2) is 0 Å². The molecule has 0 radical (unpaired) electrons. The van der Waals surface area contributed by atoms with E-state index in [1.165, 1.54) is 103 Å². The second-order valence-electron chi connectivity index (χ2n) is 10.4. The fourth-order valence-corrected chi connectivity index (χ4v) is 4.41. The Balaban J connectivity index is 3.26. The lowest BCUT2D eigenvalue weighted by atomic mass is 10.1. The molecule has 0 rings (SSSR count). The van der Waals surface area contributed by atoms with Gasteiger partial charge in [0.2, 0.25) is 0 Å². The van der Waals surface area contributed by atoms with E-state index in [9.17, 15) is 9.59 Å². The second kappa shape index (κ2) is 29.2. The zero-order valence-electron chi connectivity index (χ0n) is 23.7. The quantitative estimate of drug-likeness (QED) is 0.0798. The molecule has 0 saturated heterocycles. The van der Waals surface area contributed by atoms with Crippen LogP contribution in [0.25, 0.3) is 0 Å². The first kappa shape index (κ1) is 33.9. The number of ether oxygens (including phenoxy) is 2. The molecule has 0 aliphatic heterocycles. The molecule has 0 saturated carbocycles. The molecule has 0 aromatic rings. The van der Waals surface area contributed by atoms with E-state index in [1.807, 2.05) is 0 Å². The first-order valence-electron chi connectivity index (χ1n) is 15.5. The van der Waals surface area contributed by atoms with Crippen LogP contribution in [0, 0.1) is 0 Å². The van der Waals surface area contributed by atoms with E-state index in [0.717, 1.165) is 44.9 Å². The van der Waals surface area contributed by atoms with Crippen LogP contribution in [-0.4, -0.2) is 25.2 Å². The zero-order valence-corrected chi connectivity index (χ0v) is 23.7. The third-order valence-corrected chi connectivity index (χ3v) is 6.78. The molecule has 0 N–H and O–H groups in total. The van der Waals surface area contributed by atoms with E-state index < -0.39 is 0 Å². The van der Waals surface area contributed by atoms with Crippen LogP contribution in [0.15, 0.2) is 0 Å². The predicted octanol–water partition coefficient (Wildman–Crippen LogP) is 9.87. The zero-order chi connectivity index (χ0) is 25.7. The molecule has 0 atom stereocenters. The number of hydrogen-bond acceptors (Lipinski definition) is 4. The van der Waals surface area contributed by atoms with Crippen molar-refractivity contribution in [1.82, 2.24) is 0 Å². The van der Waals surface area contributed by atoms with Crippen molar-refractivity contribution in [2.45, 2.75) is 174 Å². The number of carbonyl (C=O) groups is 2. The van der Waals surface area contributed by atoms with Gasteiger partial charge in [0, 0.05) is 12.8 Å². The molecule has 0 heterocycles.